The van der Waals surface area contributed by atoms with Gasteiger partial charge in [0.2, 0.25) is 0 Å². The van der Waals surface area contributed by atoms with Crippen molar-refractivity contribution in [1.82, 2.24) is 20.2 Å². The average molecular weight is 464 g/mol. The van der Waals surface area contributed by atoms with E-state index in [9.17, 15) is 4.79 Å². The molecule has 2 aromatic carbocycles. The van der Waals surface area contributed by atoms with Crippen molar-refractivity contribution in [3.63, 3.8) is 0 Å². The van der Waals surface area contributed by atoms with Crippen LogP contribution in [0.4, 0.5) is 0 Å². The number of nitrogens with one attached hydrogen (secondary N) is 1. The first-order chi connectivity index (χ1) is 16.2. The lowest BCUT2D eigenvalue weighted by Gasteiger charge is -2.12. The number of hydrogen-bond donors (Lipinski definition) is 1. The van der Waals surface area contributed by atoms with Gasteiger partial charge in [-0.25, -0.2) is 5.43 Å². The van der Waals surface area contributed by atoms with Crippen LogP contribution in [0.1, 0.15) is 5.76 Å². The number of thioether (sulfide) groups is 1. The van der Waals surface area contributed by atoms with E-state index in [1.807, 2.05) is 53.1 Å². The lowest BCUT2D eigenvalue weighted by atomic mass is 10.2. The number of carbonyl (C=O) groups is 1. The first kappa shape index (κ1) is 22.2. The van der Waals surface area contributed by atoms with Crippen molar-refractivity contribution in [1.29, 1.82) is 0 Å². The van der Waals surface area contributed by atoms with Crippen LogP contribution in [-0.2, 0) is 4.79 Å². The molecule has 0 spiro atoms. The Labute approximate surface area is 194 Å². The number of ether oxygens (including phenoxy) is 2. The summed E-state index contributed by atoms with van der Waals surface area (Å²) in [7, 11) is 3.17. The van der Waals surface area contributed by atoms with E-state index in [1.165, 1.54) is 24.2 Å². The van der Waals surface area contributed by atoms with Crippen molar-refractivity contribution in [2.24, 2.45) is 5.10 Å². The van der Waals surface area contributed by atoms with Crippen LogP contribution in [0.2, 0.25) is 0 Å². The third kappa shape index (κ3) is 5.24. The second-order valence-electron chi connectivity index (χ2n) is 6.64. The Bertz CT molecular complexity index is 1240. The van der Waals surface area contributed by atoms with E-state index in [2.05, 4.69) is 20.7 Å². The maximum atomic E-state index is 12.3. The molecular formula is C23H21N5O4S. The molecule has 2 aromatic heterocycles. The highest BCUT2D eigenvalue weighted by Gasteiger charge is 2.18. The highest BCUT2D eigenvalue weighted by Crippen LogP contribution is 2.34. The molecule has 0 aliphatic heterocycles. The van der Waals surface area contributed by atoms with E-state index in [0.717, 1.165) is 11.3 Å². The highest BCUT2D eigenvalue weighted by molar-refractivity contribution is 7.99. The van der Waals surface area contributed by atoms with Crippen LogP contribution >= 0.6 is 11.8 Å². The maximum absolute atomic E-state index is 12.3. The van der Waals surface area contributed by atoms with Crippen LogP contribution in [0, 0.1) is 0 Å². The molecule has 4 aromatic rings. The van der Waals surface area contributed by atoms with Gasteiger partial charge in [0.1, 0.15) is 5.76 Å². The molecule has 0 fully saturated rings. The number of rotatable bonds is 9. The lowest BCUT2D eigenvalue weighted by Crippen LogP contribution is -2.19. The number of carbonyl (C=O) groups excluding carboxylic acids is 1. The van der Waals surface area contributed by atoms with Crippen LogP contribution in [0.25, 0.3) is 17.1 Å². The molecule has 0 aliphatic carbocycles. The van der Waals surface area contributed by atoms with E-state index >= 15 is 0 Å². The minimum Gasteiger partial charge on any atom is -0.493 e. The van der Waals surface area contributed by atoms with Gasteiger partial charge in [-0.2, -0.15) is 5.10 Å². The van der Waals surface area contributed by atoms with E-state index in [-0.39, 0.29) is 11.7 Å². The Morgan fingerprint density at radius 3 is 2.64 bits per heavy atom. The van der Waals surface area contributed by atoms with Crippen LogP contribution < -0.4 is 14.9 Å². The van der Waals surface area contributed by atoms with Gasteiger partial charge in [-0.05, 0) is 42.5 Å². The SMILES string of the molecule is COc1ccc(-c2nnc(SCC(=O)NN=Cc3ccco3)n2-c2ccccc2)cc1OC. The minimum absolute atomic E-state index is 0.104. The largest absolute Gasteiger partial charge is 0.493 e. The van der Waals surface area contributed by atoms with Crippen molar-refractivity contribution in [2.45, 2.75) is 5.16 Å². The molecule has 10 heteroatoms. The molecule has 168 valence electrons. The Kier molecular flexibility index (Phi) is 7.06. The number of hydrogen-bond acceptors (Lipinski definition) is 8. The molecule has 1 N–H and O–H groups in total. The van der Waals surface area contributed by atoms with Gasteiger partial charge in [0.15, 0.2) is 22.5 Å². The molecule has 0 radical (unpaired) electrons. The summed E-state index contributed by atoms with van der Waals surface area (Å²) in [4.78, 5) is 12.3. The Hall–Kier alpha value is -4.05. The maximum Gasteiger partial charge on any atom is 0.250 e. The molecular weight excluding hydrogens is 442 g/mol. The van der Waals surface area contributed by atoms with Crippen molar-refractivity contribution >= 4 is 23.9 Å². The molecule has 0 saturated carbocycles. The second-order valence-corrected chi connectivity index (χ2v) is 7.59. The first-order valence-corrected chi connectivity index (χ1v) is 10.9. The van der Waals surface area contributed by atoms with Crippen molar-refractivity contribution in [3.05, 3.63) is 72.7 Å². The zero-order valence-corrected chi connectivity index (χ0v) is 18.8. The predicted octanol–water partition coefficient (Wildman–Crippen LogP) is 3.79. The van der Waals surface area contributed by atoms with Gasteiger partial charge in [0.05, 0.1) is 32.5 Å². The molecule has 0 unspecified atom stereocenters. The zero-order valence-electron chi connectivity index (χ0n) is 18.0. The first-order valence-electron chi connectivity index (χ1n) is 9.91. The Morgan fingerprint density at radius 1 is 1.09 bits per heavy atom. The number of nitrogens with zero attached hydrogens (tertiary/aromatic N) is 4. The summed E-state index contributed by atoms with van der Waals surface area (Å²) < 4.78 is 17.8. The number of benzene rings is 2. The molecule has 4 rings (SSSR count). The lowest BCUT2D eigenvalue weighted by molar-refractivity contribution is -0.118. The van der Waals surface area contributed by atoms with E-state index in [4.69, 9.17) is 13.9 Å². The fraction of sp³-hybridized carbons (Fsp3) is 0.130. The summed E-state index contributed by atoms with van der Waals surface area (Å²) in [6.07, 6.45) is 2.97. The minimum atomic E-state index is -0.280. The number of methoxy groups -OCH3 is 2. The second kappa shape index (κ2) is 10.5. The smallest absolute Gasteiger partial charge is 0.250 e. The molecule has 2 heterocycles. The molecule has 0 bridgehead atoms. The van der Waals surface area contributed by atoms with E-state index < -0.39 is 0 Å². The number of furan rings is 1. The van der Waals surface area contributed by atoms with Crippen molar-refractivity contribution in [2.75, 3.05) is 20.0 Å². The standard InChI is InChI=1S/C23H21N5O4S/c1-30-19-11-10-16(13-20(19)31-2)22-26-27-23(28(22)17-7-4-3-5-8-17)33-15-21(29)25-24-14-18-9-6-12-32-18/h3-14H,15H2,1-2H3,(H,25,29). The zero-order chi connectivity index (χ0) is 23.0. The fourth-order valence-corrected chi connectivity index (χ4v) is 3.77. The third-order valence-corrected chi connectivity index (χ3v) is 5.48. The highest BCUT2D eigenvalue weighted by atomic mass is 32.2. The summed E-state index contributed by atoms with van der Waals surface area (Å²) in [5.74, 6) is 2.19. The molecule has 0 aliphatic rings. The Balaban J connectivity index is 1.57. The van der Waals surface area contributed by atoms with Gasteiger partial charge in [-0.1, -0.05) is 30.0 Å². The third-order valence-electron chi connectivity index (χ3n) is 4.55. The van der Waals surface area contributed by atoms with Gasteiger partial charge in [-0.15, -0.1) is 10.2 Å². The summed E-state index contributed by atoms with van der Waals surface area (Å²) in [6, 6.07) is 18.7. The number of para-hydroxylation sites is 1. The van der Waals surface area contributed by atoms with Crippen LogP contribution in [0.3, 0.4) is 0 Å². The summed E-state index contributed by atoms with van der Waals surface area (Å²) in [5.41, 5.74) is 4.14. The van der Waals surface area contributed by atoms with Gasteiger partial charge in [-0.3, -0.25) is 9.36 Å². The van der Waals surface area contributed by atoms with Gasteiger partial charge in [0.25, 0.3) is 5.91 Å². The summed E-state index contributed by atoms with van der Waals surface area (Å²) >= 11 is 1.26. The Morgan fingerprint density at radius 2 is 1.91 bits per heavy atom. The summed E-state index contributed by atoms with van der Waals surface area (Å²) in [6.45, 7) is 0. The van der Waals surface area contributed by atoms with E-state index in [0.29, 0.717) is 28.2 Å². The number of hydrazone groups is 1. The normalized spacial score (nSPS) is 11.0. The summed E-state index contributed by atoms with van der Waals surface area (Å²) in [5, 5.41) is 13.2. The van der Waals surface area contributed by atoms with Crippen LogP contribution in [-0.4, -0.2) is 46.9 Å². The van der Waals surface area contributed by atoms with Gasteiger partial charge >= 0.3 is 0 Å². The molecule has 0 saturated heterocycles. The monoisotopic (exact) mass is 463 g/mol. The van der Waals surface area contributed by atoms with Crippen LogP contribution in [0.5, 0.6) is 11.5 Å². The molecule has 9 nitrogen and oxygen atoms in total. The van der Waals surface area contributed by atoms with Crippen LogP contribution in [0.15, 0.2) is 81.6 Å². The molecule has 0 atom stereocenters. The molecule has 1 amide bonds. The number of amides is 1. The van der Waals surface area contributed by atoms with Crippen molar-refractivity contribution < 1.29 is 18.7 Å². The average Bonchev–Trinajstić information content (AvgIpc) is 3.53. The fourth-order valence-electron chi connectivity index (χ4n) is 3.03. The van der Waals surface area contributed by atoms with Gasteiger partial charge in [0, 0.05) is 11.3 Å². The van der Waals surface area contributed by atoms with Gasteiger partial charge < -0.3 is 13.9 Å². The topological polar surface area (TPSA) is 104 Å². The van der Waals surface area contributed by atoms with Crippen molar-refractivity contribution in [3.8, 4) is 28.6 Å². The quantitative estimate of drug-likeness (QED) is 0.229. The predicted molar refractivity (Wildman–Crippen MR) is 125 cm³/mol. The van der Waals surface area contributed by atoms with E-state index in [1.54, 1.807) is 26.4 Å². The molecule has 33 heavy (non-hydrogen) atoms. The number of aromatic nitrogens is 3.